The number of benzene rings is 2. The van der Waals surface area contributed by atoms with E-state index in [2.05, 4.69) is 53.1 Å². The monoisotopic (exact) mass is 455 g/mol. The van der Waals surface area contributed by atoms with Crippen LogP contribution in [0.3, 0.4) is 0 Å². The zero-order valence-electron chi connectivity index (χ0n) is 20.0. The highest BCUT2D eigenvalue weighted by molar-refractivity contribution is 6.02. The topological polar surface area (TPSA) is 74.5 Å². The molecule has 0 saturated carbocycles. The van der Waals surface area contributed by atoms with Crippen molar-refractivity contribution < 1.29 is 9.90 Å². The molecule has 1 saturated heterocycles. The van der Waals surface area contributed by atoms with Crippen LogP contribution >= 0.6 is 0 Å². The van der Waals surface area contributed by atoms with Crippen molar-refractivity contribution >= 4 is 22.7 Å². The van der Waals surface area contributed by atoms with E-state index in [0.29, 0.717) is 18.1 Å². The van der Waals surface area contributed by atoms with Crippen molar-refractivity contribution in [1.29, 1.82) is 0 Å². The summed E-state index contributed by atoms with van der Waals surface area (Å²) in [6.07, 6.45) is 0.564. The number of carboxylic acids is 1. The maximum Gasteiger partial charge on any atom is 0.354 e. The van der Waals surface area contributed by atoms with Gasteiger partial charge in [0.05, 0.1) is 16.8 Å². The number of aromatic carboxylic acids is 1. The molecule has 1 aliphatic rings. The fourth-order valence-corrected chi connectivity index (χ4v) is 4.77. The van der Waals surface area contributed by atoms with E-state index in [0.717, 1.165) is 46.5 Å². The molecule has 7 nitrogen and oxygen atoms in total. The van der Waals surface area contributed by atoms with Crippen molar-refractivity contribution in [2.24, 2.45) is 0 Å². The smallest absolute Gasteiger partial charge is 0.354 e. The van der Waals surface area contributed by atoms with Crippen LogP contribution in [0.2, 0.25) is 0 Å². The fraction of sp³-hybridized carbons (Fsp3) is 0.296. The molecule has 2 aromatic heterocycles. The maximum atomic E-state index is 12.2. The molecule has 0 amide bonds. The lowest BCUT2D eigenvalue weighted by atomic mass is 9.93. The van der Waals surface area contributed by atoms with Gasteiger partial charge in [-0.05, 0) is 62.8 Å². The third kappa shape index (κ3) is 3.62. The minimum Gasteiger partial charge on any atom is -0.477 e. The third-order valence-corrected chi connectivity index (χ3v) is 6.76. The summed E-state index contributed by atoms with van der Waals surface area (Å²) in [4.78, 5) is 21.5. The summed E-state index contributed by atoms with van der Waals surface area (Å²) < 4.78 is 1.75. The van der Waals surface area contributed by atoms with Gasteiger partial charge in [0.25, 0.3) is 0 Å². The van der Waals surface area contributed by atoms with Crippen LogP contribution in [0, 0.1) is 6.92 Å². The Balaban J connectivity index is 1.67. The van der Waals surface area contributed by atoms with Gasteiger partial charge in [-0.1, -0.05) is 37.3 Å². The summed E-state index contributed by atoms with van der Waals surface area (Å²) >= 11 is 0. The van der Waals surface area contributed by atoms with E-state index in [4.69, 9.17) is 5.10 Å². The summed E-state index contributed by atoms with van der Waals surface area (Å²) in [6, 6.07) is 18.7. The van der Waals surface area contributed by atoms with Gasteiger partial charge in [0.2, 0.25) is 0 Å². The number of carbonyl (C=O) groups is 1. The number of hydrogen-bond acceptors (Lipinski definition) is 5. The van der Waals surface area contributed by atoms with Gasteiger partial charge in [0.15, 0.2) is 11.3 Å². The molecule has 0 aliphatic carbocycles. The molecule has 0 bridgehead atoms. The van der Waals surface area contributed by atoms with Crippen LogP contribution in [0.25, 0.3) is 27.8 Å². The number of aromatic nitrogens is 3. The van der Waals surface area contributed by atoms with E-state index in [1.165, 1.54) is 5.69 Å². The van der Waals surface area contributed by atoms with E-state index in [1.807, 2.05) is 44.2 Å². The van der Waals surface area contributed by atoms with Gasteiger partial charge < -0.3 is 14.9 Å². The lowest BCUT2D eigenvalue weighted by Crippen LogP contribution is -2.57. The summed E-state index contributed by atoms with van der Waals surface area (Å²) in [5.41, 5.74) is 6.13. The normalized spacial score (nSPS) is 14.1. The van der Waals surface area contributed by atoms with E-state index >= 15 is 0 Å². The first-order chi connectivity index (χ1) is 16.4. The highest BCUT2D eigenvalue weighted by Gasteiger charge is 2.29. The number of para-hydroxylation sites is 1. The second kappa shape index (κ2) is 8.57. The maximum absolute atomic E-state index is 12.2. The van der Waals surface area contributed by atoms with E-state index in [-0.39, 0.29) is 5.69 Å². The number of rotatable bonds is 6. The molecule has 3 heterocycles. The van der Waals surface area contributed by atoms with Crippen LogP contribution in [0.5, 0.6) is 0 Å². The van der Waals surface area contributed by atoms with Crippen LogP contribution in [0.4, 0.5) is 5.69 Å². The Hall–Kier alpha value is -3.71. The van der Waals surface area contributed by atoms with Gasteiger partial charge >= 0.3 is 5.97 Å². The molecule has 0 unspecified atom stereocenters. The number of fused-ring (bicyclic) bond motifs is 1. The van der Waals surface area contributed by atoms with Crippen LogP contribution in [-0.4, -0.2) is 64.0 Å². The van der Waals surface area contributed by atoms with E-state index in [9.17, 15) is 9.90 Å². The standard InChI is InChI=1S/C27H29N5O2/c1-5-22-24(18-11-13-19(14-12-18)31-15-21(16-31)30(3)4)23-17(2)29-32(20-9-7-6-8-10-20)26(23)28-25(22)27(33)34/h6-14,21H,5,15-16H2,1-4H3,(H,33,34). The predicted octanol–water partition coefficient (Wildman–Crippen LogP) is 4.41. The summed E-state index contributed by atoms with van der Waals surface area (Å²) in [5, 5.41) is 15.7. The SMILES string of the molecule is CCc1c(C(=O)O)nc2c(c(C)nn2-c2ccccc2)c1-c1ccc(N2CC(N(C)C)C2)cc1. The van der Waals surface area contributed by atoms with Crippen molar-refractivity contribution in [2.75, 3.05) is 32.1 Å². The quantitative estimate of drug-likeness (QED) is 0.464. The van der Waals surface area contributed by atoms with Crippen LogP contribution < -0.4 is 4.90 Å². The number of anilines is 1. The Bertz CT molecular complexity index is 1350. The molecule has 2 aromatic carbocycles. The van der Waals surface area contributed by atoms with Gasteiger partial charge in [0, 0.05) is 30.4 Å². The number of hydrogen-bond donors (Lipinski definition) is 1. The van der Waals surface area contributed by atoms with Crippen molar-refractivity contribution in [3.63, 3.8) is 0 Å². The molecule has 0 spiro atoms. The van der Waals surface area contributed by atoms with Crippen LogP contribution in [-0.2, 0) is 6.42 Å². The molecule has 1 N–H and O–H groups in total. The Morgan fingerprint density at radius 2 is 1.74 bits per heavy atom. The minimum absolute atomic E-state index is 0.0859. The number of carboxylic acid groups (broad SMARTS) is 1. The molecular formula is C27H29N5O2. The Morgan fingerprint density at radius 1 is 1.06 bits per heavy atom. The molecule has 0 radical (unpaired) electrons. The molecular weight excluding hydrogens is 426 g/mol. The fourth-order valence-electron chi connectivity index (χ4n) is 4.77. The Labute approximate surface area is 199 Å². The second-order valence-electron chi connectivity index (χ2n) is 9.07. The third-order valence-electron chi connectivity index (χ3n) is 6.76. The van der Waals surface area contributed by atoms with Gasteiger partial charge in [0.1, 0.15) is 0 Å². The van der Waals surface area contributed by atoms with Crippen molar-refractivity contribution in [3.8, 4) is 16.8 Å². The number of aryl methyl sites for hydroxylation is 1. The van der Waals surface area contributed by atoms with Crippen molar-refractivity contribution in [2.45, 2.75) is 26.3 Å². The van der Waals surface area contributed by atoms with E-state index in [1.54, 1.807) is 4.68 Å². The first kappa shape index (κ1) is 22.1. The highest BCUT2D eigenvalue weighted by Crippen LogP contribution is 2.37. The average Bonchev–Trinajstić information content (AvgIpc) is 3.14. The van der Waals surface area contributed by atoms with Gasteiger partial charge in [-0.3, -0.25) is 0 Å². The lowest BCUT2D eigenvalue weighted by Gasteiger charge is -2.44. The van der Waals surface area contributed by atoms with Gasteiger partial charge in [-0.2, -0.15) is 5.10 Å². The summed E-state index contributed by atoms with van der Waals surface area (Å²) in [7, 11) is 4.23. The molecule has 7 heteroatoms. The summed E-state index contributed by atoms with van der Waals surface area (Å²) in [6.45, 7) is 5.96. The summed E-state index contributed by atoms with van der Waals surface area (Å²) in [5.74, 6) is -1.02. The first-order valence-corrected chi connectivity index (χ1v) is 11.6. The average molecular weight is 456 g/mol. The van der Waals surface area contributed by atoms with Crippen LogP contribution in [0.15, 0.2) is 54.6 Å². The van der Waals surface area contributed by atoms with Crippen molar-refractivity contribution in [3.05, 3.63) is 71.5 Å². The highest BCUT2D eigenvalue weighted by atomic mass is 16.4. The molecule has 5 rings (SSSR count). The van der Waals surface area contributed by atoms with Gasteiger partial charge in [-0.15, -0.1) is 0 Å². The molecule has 1 aliphatic heterocycles. The Kier molecular flexibility index (Phi) is 5.57. The van der Waals surface area contributed by atoms with Crippen LogP contribution in [0.1, 0.15) is 28.7 Å². The zero-order valence-corrected chi connectivity index (χ0v) is 20.0. The Morgan fingerprint density at radius 3 is 2.32 bits per heavy atom. The number of pyridine rings is 1. The zero-order chi connectivity index (χ0) is 24.0. The number of nitrogens with zero attached hydrogens (tertiary/aromatic N) is 5. The first-order valence-electron chi connectivity index (χ1n) is 11.6. The number of likely N-dealkylation sites (N-methyl/N-ethyl adjacent to an activating group) is 1. The molecule has 34 heavy (non-hydrogen) atoms. The predicted molar refractivity (Wildman–Crippen MR) is 135 cm³/mol. The van der Waals surface area contributed by atoms with Crippen molar-refractivity contribution in [1.82, 2.24) is 19.7 Å². The molecule has 0 atom stereocenters. The van der Waals surface area contributed by atoms with Gasteiger partial charge in [-0.25, -0.2) is 14.5 Å². The largest absolute Gasteiger partial charge is 0.477 e. The minimum atomic E-state index is -1.02. The second-order valence-corrected chi connectivity index (χ2v) is 9.07. The lowest BCUT2D eigenvalue weighted by molar-refractivity contribution is 0.0689. The molecule has 174 valence electrons. The molecule has 4 aromatic rings. The molecule has 1 fully saturated rings. The van der Waals surface area contributed by atoms with E-state index < -0.39 is 5.97 Å².